The third kappa shape index (κ3) is 2.92. The molecule has 0 aliphatic rings. The summed E-state index contributed by atoms with van der Waals surface area (Å²) in [4.78, 5) is 43.1. The molecule has 0 saturated heterocycles. The molecule has 5 aromatic rings. The van der Waals surface area contributed by atoms with E-state index in [-0.39, 0.29) is 22.8 Å². The monoisotopic (exact) mass is 449 g/mol. The van der Waals surface area contributed by atoms with E-state index in [1.54, 1.807) is 48.5 Å². The van der Waals surface area contributed by atoms with Crippen LogP contribution >= 0.6 is 11.6 Å². The first-order valence-electron chi connectivity index (χ1n) is 9.56. The summed E-state index contributed by atoms with van der Waals surface area (Å²) in [5.41, 5.74) is 0.256. The van der Waals surface area contributed by atoms with Crippen LogP contribution in [-0.4, -0.2) is 34.2 Å². The lowest BCUT2D eigenvalue weighted by Gasteiger charge is -2.05. The minimum Gasteiger partial charge on any atom is -0.319 e. The smallest absolute Gasteiger partial charge is 0.319 e. The van der Waals surface area contributed by atoms with Gasteiger partial charge in [-0.15, -0.1) is 5.10 Å². The van der Waals surface area contributed by atoms with Crippen LogP contribution in [0, 0.1) is 0 Å². The number of imidazole rings is 1. The van der Waals surface area contributed by atoms with E-state index in [0.717, 1.165) is 4.57 Å². The third-order valence-corrected chi connectivity index (χ3v) is 5.39. The van der Waals surface area contributed by atoms with Crippen LogP contribution < -0.4 is 16.6 Å². The molecule has 0 spiro atoms. The number of rotatable bonds is 3. The molecule has 0 aliphatic carbocycles. The summed E-state index contributed by atoms with van der Waals surface area (Å²) < 4.78 is 5.02. The number of hydrogen-bond acceptors (Lipinski definition) is 5. The highest BCUT2D eigenvalue weighted by Crippen LogP contribution is 2.21. The Kier molecular flexibility index (Phi) is 4.45. The van der Waals surface area contributed by atoms with Crippen molar-refractivity contribution in [2.45, 2.75) is 0 Å². The molecule has 0 fully saturated rings. The summed E-state index contributed by atoms with van der Waals surface area (Å²) in [6, 6.07) is 15.7. The second-order valence-electron chi connectivity index (χ2n) is 7.16. The number of aromatic nitrogens is 6. The fourth-order valence-electron chi connectivity index (χ4n) is 3.52. The number of nitrogens with one attached hydrogen (secondary N) is 1. The Morgan fingerprint density at radius 2 is 1.66 bits per heavy atom. The quantitative estimate of drug-likeness (QED) is 0.453. The van der Waals surface area contributed by atoms with Crippen LogP contribution in [0.5, 0.6) is 0 Å². The van der Waals surface area contributed by atoms with Gasteiger partial charge in [0.25, 0.3) is 11.5 Å². The van der Waals surface area contributed by atoms with Crippen LogP contribution in [0.1, 0.15) is 10.6 Å². The van der Waals surface area contributed by atoms with Crippen LogP contribution in [0.3, 0.4) is 0 Å². The van der Waals surface area contributed by atoms with Crippen LogP contribution in [-0.2, 0) is 14.1 Å². The molecule has 0 aliphatic heterocycles. The van der Waals surface area contributed by atoms with E-state index in [2.05, 4.69) is 15.4 Å². The number of halogens is 1. The second-order valence-corrected chi connectivity index (χ2v) is 7.59. The molecule has 5 rings (SSSR count). The van der Waals surface area contributed by atoms with Crippen molar-refractivity contribution in [1.29, 1.82) is 0 Å². The standard InChI is InChI=1S/C21H16ClN7O3/c1-26-16-15(19(31)27(2)21(26)32)28-17(18(30)23-13-6-4-3-5-7-13)25-29(20(28)24-16)14-10-8-12(22)9-11-14/h3-11H,1-2H3,(H,23,30). The number of nitrogens with zero attached hydrogens (tertiary/aromatic N) is 6. The highest BCUT2D eigenvalue weighted by Gasteiger charge is 2.26. The fraction of sp³-hybridized carbons (Fsp3) is 0.0952. The molecular weight excluding hydrogens is 434 g/mol. The lowest BCUT2D eigenvalue weighted by atomic mass is 10.3. The van der Waals surface area contributed by atoms with Crippen molar-refractivity contribution in [3.8, 4) is 5.69 Å². The SMILES string of the molecule is Cn1c(=O)c2c(nc3n(-c4ccc(Cl)cc4)nc(C(=O)Nc4ccccc4)n23)n(C)c1=O. The van der Waals surface area contributed by atoms with Crippen molar-refractivity contribution >= 4 is 40.1 Å². The molecule has 160 valence electrons. The number of aryl methyl sites for hydroxylation is 1. The van der Waals surface area contributed by atoms with Crippen molar-refractivity contribution in [2.24, 2.45) is 14.1 Å². The van der Waals surface area contributed by atoms with E-state index in [0.29, 0.717) is 16.4 Å². The minimum absolute atomic E-state index is 0.0583. The van der Waals surface area contributed by atoms with E-state index in [9.17, 15) is 14.4 Å². The van der Waals surface area contributed by atoms with Crippen molar-refractivity contribution in [3.05, 3.63) is 86.3 Å². The number of hydrogen-bond donors (Lipinski definition) is 1. The molecule has 10 nitrogen and oxygen atoms in total. The Labute approximate surface area is 184 Å². The maximum absolute atomic E-state index is 13.2. The summed E-state index contributed by atoms with van der Waals surface area (Å²) in [5, 5.41) is 7.75. The number of para-hydroxylation sites is 1. The van der Waals surface area contributed by atoms with Gasteiger partial charge in [0, 0.05) is 24.8 Å². The van der Waals surface area contributed by atoms with Gasteiger partial charge in [-0.1, -0.05) is 29.8 Å². The van der Waals surface area contributed by atoms with Gasteiger partial charge >= 0.3 is 5.69 Å². The fourth-order valence-corrected chi connectivity index (χ4v) is 3.65. The zero-order chi connectivity index (χ0) is 22.6. The number of carbonyl (C=O) groups is 1. The molecule has 11 heteroatoms. The largest absolute Gasteiger partial charge is 0.332 e. The molecule has 1 N–H and O–H groups in total. The highest BCUT2D eigenvalue weighted by atomic mass is 35.5. The van der Waals surface area contributed by atoms with Gasteiger partial charge in [-0.25, -0.2) is 9.20 Å². The predicted molar refractivity (Wildman–Crippen MR) is 120 cm³/mol. The molecule has 3 aromatic heterocycles. The normalized spacial score (nSPS) is 11.3. The average molecular weight is 450 g/mol. The van der Waals surface area contributed by atoms with Crippen molar-refractivity contribution < 1.29 is 4.79 Å². The molecule has 32 heavy (non-hydrogen) atoms. The van der Waals surface area contributed by atoms with E-state index in [1.165, 1.54) is 27.7 Å². The zero-order valence-corrected chi connectivity index (χ0v) is 17.7. The summed E-state index contributed by atoms with van der Waals surface area (Å²) in [6.45, 7) is 0. The van der Waals surface area contributed by atoms with Gasteiger partial charge < -0.3 is 5.32 Å². The Hall–Kier alpha value is -4.18. The first-order valence-corrected chi connectivity index (χ1v) is 9.94. The third-order valence-electron chi connectivity index (χ3n) is 5.14. The molecular formula is C21H16ClN7O3. The number of carbonyl (C=O) groups excluding carboxylic acids is 1. The Bertz CT molecular complexity index is 1630. The zero-order valence-electron chi connectivity index (χ0n) is 17.0. The predicted octanol–water partition coefficient (Wildman–Crippen LogP) is 1.98. The first kappa shape index (κ1) is 19.8. The summed E-state index contributed by atoms with van der Waals surface area (Å²) in [6.07, 6.45) is 0. The maximum Gasteiger partial charge on any atom is 0.332 e. The highest BCUT2D eigenvalue weighted by molar-refractivity contribution is 6.30. The molecule has 0 atom stereocenters. The molecule has 0 bridgehead atoms. The lowest BCUT2D eigenvalue weighted by molar-refractivity contribution is 0.101. The molecule has 0 unspecified atom stereocenters. The molecule has 1 amide bonds. The Morgan fingerprint density at radius 3 is 2.34 bits per heavy atom. The van der Waals surface area contributed by atoms with E-state index < -0.39 is 17.2 Å². The van der Waals surface area contributed by atoms with Gasteiger partial charge in [0.15, 0.2) is 11.2 Å². The van der Waals surface area contributed by atoms with Crippen molar-refractivity contribution in [1.82, 2.24) is 28.3 Å². The molecule has 3 heterocycles. The number of anilines is 1. The Balaban J connectivity index is 1.84. The van der Waals surface area contributed by atoms with Gasteiger partial charge in [-0.2, -0.15) is 9.67 Å². The van der Waals surface area contributed by atoms with Gasteiger partial charge in [0.1, 0.15) is 0 Å². The maximum atomic E-state index is 13.2. The summed E-state index contributed by atoms with van der Waals surface area (Å²) in [5.74, 6) is -0.389. The van der Waals surface area contributed by atoms with E-state index in [1.807, 2.05) is 6.07 Å². The van der Waals surface area contributed by atoms with Crippen LogP contribution in [0.15, 0.2) is 64.2 Å². The molecule has 2 aromatic carbocycles. The van der Waals surface area contributed by atoms with E-state index in [4.69, 9.17) is 11.6 Å². The lowest BCUT2D eigenvalue weighted by Crippen LogP contribution is -2.37. The average Bonchev–Trinajstić information content (AvgIpc) is 3.35. The Morgan fingerprint density at radius 1 is 0.969 bits per heavy atom. The summed E-state index contributed by atoms with van der Waals surface area (Å²) in [7, 11) is 2.89. The van der Waals surface area contributed by atoms with Crippen molar-refractivity contribution in [3.63, 3.8) is 0 Å². The second kappa shape index (κ2) is 7.20. The first-order chi connectivity index (χ1) is 15.4. The van der Waals surface area contributed by atoms with Gasteiger partial charge in [-0.05, 0) is 36.4 Å². The van der Waals surface area contributed by atoms with Crippen molar-refractivity contribution in [2.75, 3.05) is 5.32 Å². The van der Waals surface area contributed by atoms with Gasteiger partial charge in [-0.3, -0.25) is 18.7 Å². The minimum atomic E-state index is -0.583. The number of benzene rings is 2. The molecule has 0 radical (unpaired) electrons. The number of fused-ring (bicyclic) bond motifs is 3. The summed E-state index contributed by atoms with van der Waals surface area (Å²) >= 11 is 6.01. The van der Waals surface area contributed by atoms with Gasteiger partial charge in [0.2, 0.25) is 11.6 Å². The van der Waals surface area contributed by atoms with E-state index >= 15 is 0 Å². The van der Waals surface area contributed by atoms with Gasteiger partial charge in [0.05, 0.1) is 5.69 Å². The van der Waals surface area contributed by atoms with Crippen LogP contribution in [0.25, 0.3) is 22.6 Å². The van der Waals surface area contributed by atoms with Crippen LogP contribution in [0.4, 0.5) is 5.69 Å². The topological polar surface area (TPSA) is 108 Å². The number of amides is 1. The molecule has 0 saturated carbocycles. The van der Waals surface area contributed by atoms with Crippen LogP contribution in [0.2, 0.25) is 5.02 Å².